The minimum absolute atomic E-state index is 0.184. The van der Waals surface area contributed by atoms with E-state index in [0.29, 0.717) is 12.3 Å². The average molecular weight is 237 g/mol. The monoisotopic (exact) mass is 237 g/mol. The maximum absolute atomic E-state index is 9.38. The van der Waals surface area contributed by atoms with Crippen molar-refractivity contribution in [3.8, 4) is 0 Å². The smallest absolute Gasteiger partial charge is 0.127 e. The molecule has 2 aromatic carbocycles. The average Bonchev–Trinajstić information content (AvgIpc) is 2.40. The Morgan fingerprint density at radius 2 is 1.28 bits per heavy atom. The first-order chi connectivity index (χ1) is 8.84. The van der Waals surface area contributed by atoms with Gasteiger partial charge in [-0.15, -0.1) is 0 Å². The van der Waals surface area contributed by atoms with E-state index < -0.39 is 0 Å². The summed E-state index contributed by atoms with van der Waals surface area (Å²) in [5.74, 6) is 0.451. The highest BCUT2D eigenvalue weighted by molar-refractivity contribution is 5.34. The second-order valence-electron chi connectivity index (χ2n) is 4.52. The predicted molar refractivity (Wildman–Crippen MR) is 72.1 cm³/mol. The van der Waals surface area contributed by atoms with Crippen molar-refractivity contribution in [2.24, 2.45) is 0 Å². The van der Waals surface area contributed by atoms with Gasteiger partial charge in [-0.3, -0.25) is 0 Å². The molecule has 2 nitrogen and oxygen atoms in total. The van der Waals surface area contributed by atoms with Gasteiger partial charge in [0.1, 0.15) is 5.76 Å². The molecule has 0 spiro atoms. The first kappa shape index (κ1) is 10.9. The predicted octanol–water partition coefficient (Wildman–Crippen LogP) is 3.49. The first-order valence-corrected chi connectivity index (χ1v) is 6.10. The molecule has 2 aromatic rings. The number of aliphatic hydroxyl groups excluding tert-OH is 1. The molecule has 0 radical (unpaired) electrons. The van der Waals surface area contributed by atoms with E-state index in [2.05, 4.69) is 53.4 Å². The second kappa shape index (κ2) is 4.57. The molecule has 0 saturated heterocycles. The van der Waals surface area contributed by atoms with Crippen LogP contribution in [0.15, 0.2) is 72.6 Å². The Morgan fingerprint density at radius 3 is 1.67 bits per heavy atom. The number of nitrogens with zero attached hydrogens (tertiary/aromatic N) is 1. The molecule has 0 bridgehead atoms. The molecule has 3 rings (SSSR count). The first-order valence-electron chi connectivity index (χ1n) is 6.10. The van der Waals surface area contributed by atoms with Crippen LogP contribution in [0.2, 0.25) is 0 Å². The highest BCUT2D eigenvalue weighted by atomic mass is 16.3. The van der Waals surface area contributed by atoms with Crippen LogP contribution in [0.4, 0.5) is 0 Å². The van der Waals surface area contributed by atoms with Gasteiger partial charge in [-0.1, -0.05) is 60.7 Å². The molecule has 90 valence electrons. The summed E-state index contributed by atoms with van der Waals surface area (Å²) >= 11 is 0. The van der Waals surface area contributed by atoms with Crippen molar-refractivity contribution in [2.75, 3.05) is 6.54 Å². The summed E-state index contributed by atoms with van der Waals surface area (Å²) in [5, 5.41) is 9.38. The molecule has 0 aliphatic carbocycles. The van der Waals surface area contributed by atoms with Crippen LogP contribution < -0.4 is 0 Å². The summed E-state index contributed by atoms with van der Waals surface area (Å²) in [4.78, 5) is 2.15. The maximum Gasteiger partial charge on any atom is 0.127 e. The minimum Gasteiger partial charge on any atom is -0.509 e. The third-order valence-corrected chi connectivity index (χ3v) is 3.22. The number of hydrogen-bond acceptors (Lipinski definition) is 2. The highest BCUT2D eigenvalue weighted by Gasteiger charge is 2.26. The van der Waals surface area contributed by atoms with Gasteiger partial charge >= 0.3 is 0 Å². The lowest BCUT2D eigenvalue weighted by Crippen LogP contribution is -2.34. The number of benzene rings is 2. The molecule has 1 heterocycles. The van der Waals surface area contributed by atoms with Crippen molar-refractivity contribution in [1.29, 1.82) is 0 Å². The summed E-state index contributed by atoms with van der Waals surface area (Å²) in [5.41, 5.74) is 2.49. The van der Waals surface area contributed by atoms with Crippen LogP contribution in [0.1, 0.15) is 17.2 Å². The summed E-state index contributed by atoms with van der Waals surface area (Å²) < 4.78 is 0. The second-order valence-corrected chi connectivity index (χ2v) is 4.52. The van der Waals surface area contributed by atoms with Crippen LogP contribution in [0, 0.1) is 0 Å². The Balaban J connectivity index is 2.00. The molecule has 0 fully saturated rings. The summed E-state index contributed by atoms with van der Waals surface area (Å²) in [7, 11) is 0. The van der Waals surface area contributed by atoms with Gasteiger partial charge in [0.05, 0.1) is 12.6 Å². The molecular weight excluding hydrogens is 222 g/mol. The lowest BCUT2D eigenvalue weighted by atomic mass is 9.96. The fourth-order valence-corrected chi connectivity index (χ4v) is 2.36. The van der Waals surface area contributed by atoms with Crippen molar-refractivity contribution in [1.82, 2.24) is 4.90 Å². The highest BCUT2D eigenvalue weighted by Crippen LogP contribution is 2.32. The van der Waals surface area contributed by atoms with Gasteiger partial charge in [-0.25, -0.2) is 0 Å². The third kappa shape index (κ3) is 1.97. The van der Waals surface area contributed by atoms with Crippen molar-refractivity contribution >= 4 is 0 Å². The van der Waals surface area contributed by atoms with Crippen LogP contribution in [0.25, 0.3) is 0 Å². The summed E-state index contributed by atoms with van der Waals surface area (Å²) in [6.45, 7) is 0.619. The molecule has 0 saturated carbocycles. The molecule has 0 amide bonds. The Kier molecular flexibility index (Phi) is 2.77. The Labute approximate surface area is 107 Å². The number of aliphatic hydroxyl groups is 1. The van der Waals surface area contributed by atoms with Crippen LogP contribution in [0.5, 0.6) is 0 Å². The van der Waals surface area contributed by atoms with E-state index in [0.717, 1.165) is 0 Å². The molecule has 0 aromatic heterocycles. The van der Waals surface area contributed by atoms with Gasteiger partial charge in [0.15, 0.2) is 0 Å². The van der Waals surface area contributed by atoms with Gasteiger partial charge < -0.3 is 10.0 Å². The summed E-state index contributed by atoms with van der Waals surface area (Å²) in [6, 6.07) is 20.9. The van der Waals surface area contributed by atoms with E-state index in [-0.39, 0.29) is 6.04 Å². The Bertz CT molecular complexity index is 508. The normalized spacial score (nSPS) is 14.3. The zero-order valence-electron chi connectivity index (χ0n) is 10.0. The summed E-state index contributed by atoms with van der Waals surface area (Å²) in [6.07, 6.45) is 1.81. The minimum atomic E-state index is 0.184. The van der Waals surface area contributed by atoms with Gasteiger partial charge in [-0.2, -0.15) is 0 Å². The van der Waals surface area contributed by atoms with Crippen LogP contribution in [-0.2, 0) is 0 Å². The van der Waals surface area contributed by atoms with Crippen LogP contribution >= 0.6 is 0 Å². The van der Waals surface area contributed by atoms with E-state index in [9.17, 15) is 5.11 Å². The SMILES string of the molecule is OC1=CN(C(c2ccccc2)c2ccccc2)C1. The zero-order chi connectivity index (χ0) is 12.4. The molecular formula is C16H15NO. The van der Waals surface area contributed by atoms with Crippen molar-refractivity contribution in [3.63, 3.8) is 0 Å². The Hall–Kier alpha value is -2.22. The third-order valence-electron chi connectivity index (χ3n) is 3.22. The lowest BCUT2D eigenvalue weighted by Gasteiger charge is -2.36. The molecule has 1 aliphatic heterocycles. The van der Waals surface area contributed by atoms with Crippen LogP contribution in [-0.4, -0.2) is 16.6 Å². The zero-order valence-corrected chi connectivity index (χ0v) is 10.0. The van der Waals surface area contributed by atoms with E-state index in [1.165, 1.54) is 11.1 Å². The van der Waals surface area contributed by atoms with E-state index in [1.807, 2.05) is 18.3 Å². The molecule has 0 unspecified atom stereocenters. The lowest BCUT2D eigenvalue weighted by molar-refractivity contribution is 0.213. The van der Waals surface area contributed by atoms with E-state index >= 15 is 0 Å². The van der Waals surface area contributed by atoms with Crippen molar-refractivity contribution in [3.05, 3.63) is 83.7 Å². The molecule has 1 N–H and O–H groups in total. The number of rotatable bonds is 3. The van der Waals surface area contributed by atoms with Crippen LogP contribution in [0.3, 0.4) is 0 Å². The van der Waals surface area contributed by atoms with Crippen molar-refractivity contribution in [2.45, 2.75) is 6.04 Å². The quantitative estimate of drug-likeness (QED) is 0.883. The van der Waals surface area contributed by atoms with Crippen molar-refractivity contribution < 1.29 is 5.11 Å². The molecule has 2 heteroatoms. The fraction of sp³-hybridized carbons (Fsp3) is 0.125. The standard InChI is InChI=1S/C16H15NO/c18-15-11-17(12-15)16(13-7-3-1-4-8-13)14-9-5-2-6-10-14/h1-11,16,18H,12H2. The van der Waals surface area contributed by atoms with Gasteiger partial charge in [-0.05, 0) is 11.1 Å². The topological polar surface area (TPSA) is 23.5 Å². The van der Waals surface area contributed by atoms with Gasteiger partial charge in [0.2, 0.25) is 0 Å². The largest absolute Gasteiger partial charge is 0.509 e. The Morgan fingerprint density at radius 1 is 0.833 bits per heavy atom. The number of hydrogen-bond donors (Lipinski definition) is 1. The molecule has 18 heavy (non-hydrogen) atoms. The maximum atomic E-state index is 9.38. The molecule has 0 atom stereocenters. The van der Waals surface area contributed by atoms with E-state index in [1.54, 1.807) is 0 Å². The molecule has 1 aliphatic rings. The van der Waals surface area contributed by atoms with Gasteiger partial charge in [0, 0.05) is 6.20 Å². The van der Waals surface area contributed by atoms with Gasteiger partial charge in [0.25, 0.3) is 0 Å². The van der Waals surface area contributed by atoms with E-state index in [4.69, 9.17) is 0 Å². The fourth-order valence-electron chi connectivity index (χ4n) is 2.36.